The number of hydrogen-bond donors (Lipinski definition) is 1. The molecule has 0 saturated heterocycles. The van der Waals surface area contributed by atoms with Gasteiger partial charge in [-0.1, -0.05) is 28.6 Å². The van der Waals surface area contributed by atoms with Crippen molar-refractivity contribution in [2.45, 2.75) is 6.92 Å². The van der Waals surface area contributed by atoms with Crippen molar-refractivity contribution in [1.29, 1.82) is 0 Å². The molecule has 0 aliphatic rings. The maximum absolute atomic E-state index is 10.5. The first-order valence-electron chi connectivity index (χ1n) is 5.69. The topological polar surface area (TPSA) is 55.8 Å². The summed E-state index contributed by atoms with van der Waals surface area (Å²) < 4.78 is 11.7. The monoisotopic (exact) mass is 326 g/mol. The van der Waals surface area contributed by atoms with E-state index >= 15 is 0 Å². The summed E-state index contributed by atoms with van der Waals surface area (Å²) in [5, 5.41) is 8.64. The van der Waals surface area contributed by atoms with Crippen molar-refractivity contribution in [3.05, 3.63) is 40.9 Å². The Morgan fingerprint density at radius 3 is 2.68 bits per heavy atom. The lowest BCUT2D eigenvalue weighted by Crippen LogP contribution is -1.99. The molecule has 0 saturated carbocycles. The summed E-state index contributed by atoms with van der Waals surface area (Å²) in [5.74, 6) is 0.149. The highest BCUT2D eigenvalue weighted by molar-refractivity contribution is 9.10. The van der Waals surface area contributed by atoms with E-state index in [0.717, 1.165) is 10.5 Å². The van der Waals surface area contributed by atoms with Gasteiger partial charge in [0, 0.05) is 10.5 Å². The van der Waals surface area contributed by atoms with Crippen LogP contribution in [0.2, 0.25) is 0 Å². The second-order valence-electron chi connectivity index (χ2n) is 3.52. The first-order valence-corrected chi connectivity index (χ1v) is 6.48. The van der Waals surface area contributed by atoms with E-state index in [1.807, 2.05) is 6.92 Å². The molecule has 4 nitrogen and oxygen atoms in total. The molecule has 1 aromatic carbocycles. The average molecular weight is 327 g/mol. The lowest BCUT2D eigenvalue weighted by atomic mass is 10.2. The van der Waals surface area contributed by atoms with E-state index in [2.05, 4.69) is 22.5 Å². The molecule has 0 atom stereocenters. The molecule has 0 aliphatic carbocycles. The van der Waals surface area contributed by atoms with Crippen molar-refractivity contribution in [3.63, 3.8) is 0 Å². The van der Waals surface area contributed by atoms with Gasteiger partial charge in [-0.25, -0.2) is 4.79 Å². The van der Waals surface area contributed by atoms with E-state index in [1.165, 1.54) is 6.08 Å². The number of carbonyl (C=O) groups is 1. The third-order valence-corrected chi connectivity index (χ3v) is 2.81. The van der Waals surface area contributed by atoms with Crippen LogP contribution in [0.15, 0.2) is 35.3 Å². The van der Waals surface area contributed by atoms with Gasteiger partial charge in [0.2, 0.25) is 0 Å². The quantitative estimate of drug-likeness (QED) is 0.615. The van der Waals surface area contributed by atoms with Gasteiger partial charge in [0.15, 0.2) is 11.5 Å². The second-order valence-corrected chi connectivity index (χ2v) is 4.38. The molecule has 0 unspecified atom stereocenters. The largest absolute Gasteiger partial charge is 0.490 e. The van der Waals surface area contributed by atoms with Gasteiger partial charge in [0.25, 0.3) is 0 Å². The van der Waals surface area contributed by atoms with Gasteiger partial charge in [-0.3, -0.25) is 0 Å². The van der Waals surface area contributed by atoms with Gasteiger partial charge in [-0.05, 0) is 30.7 Å². The maximum atomic E-state index is 10.5. The number of hydrogen-bond acceptors (Lipinski definition) is 3. The molecule has 0 bridgehead atoms. The van der Waals surface area contributed by atoms with Crippen molar-refractivity contribution in [2.75, 3.05) is 13.2 Å². The van der Waals surface area contributed by atoms with E-state index in [0.29, 0.717) is 30.3 Å². The van der Waals surface area contributed by atoms with Crippen molar-refractivity contribution in [1.82, 2.24) is 0 Å². The number of benzene rings is 1. The first kappa shape index (κ1) is 15.3. The highest BCUT2D eigenvalue weighted by atomic mass is 79.9. The van der Waals surface area contributed by atoms with Crippen LogP contribution in [0.5, 0.6) is 11.5 Å². The minimum Gasteiger partial charge on any atom is -0.490 e. The molecule has 0 fully saturated rings. The molecular formula is C14H15BrO4. The summed E-state index contributed by atoms with van der Waals surface area (Å²) in [4.78, 5) is 10.5. The van der Waals surface area contributed by atoms with Crippen LogP contribution in [-0.4, -0.2) is 24.3 Å². The summed E-state index contributed by atoms with van der Waals surface area (Å²) in [6.45, 7) is 6.32. The normalized spacial score (nSPS) is 10.4. The fraction of sp³-hybridized carbons (Fsp3) is 0.214. The van der Waals surface area contributed by atoms with Gasteiger partial charge in [0.1, 0.15) is 6.61 Å². The summed E-state index contributed by atoms with van der Waals surface area (Å²) in [6.07, 6.45) is 4.20. The Labute approximate surface area is 120 Å². The van der Waals surface area contributed by atoms with Crippen molar-refractivity contribution >= 4 is 28.0 Å². The fourth-order valence-corrected chi connectivity index (χ4v) is 1.82. The molecule has 1 N–H and O–H groups in total. The third kappa shape index (κ3) is 4.79. The van der Waals surface area contributed by atoms with Crippen LogP contribution < -0.4 is 9.47 Å². The summed E-state index contributed by atoms with van der Waals surface area (Å²) in [5.41, 5.74) is 0.705. The van der Waals surface area contributed by atoms with Crippen LogP contribution >= 0.6 is 15.9 Å². The minimum atomic E-state index is -1.00. The lowest BCUT2D eigenvalue weighted by molar-refractivity contribution is -0.131. The third-order valence-electron chi connectivity index (χ3n) is 2.13. The first-order chi connectivity index (χ1) is 9.08. The summed E-state index contributed by atoms with van der Waals surface area (Å²) >= 11 is 3.37. The Morgan fingerprint density at radius 1 is 1.42 bits per heavy atom. The number of aliphatic carboxylic acids is 1. The molecule has 0 aliphatic heterocycles. The van der Waals surface area contributed by atoms with E-state index in [4.69, 9.17) is 14.6 Å². The maximum Gasteiger partial charge on any atom is 0.328 e. The molecule has 0 aromatic heterocycles. The molecule has 19 heavy (non-hydrogen) atoms. The van der Waals surface area contributed by atoms with Crippen LogP contribution in [-0.2, 0) is 4.79 Å². The molecule has 0 amide bonds. The van der Waals surface area contributed by atoms with Crippen LogP contribution in [0.3, 0.4) is 0 Å². The number of carboxylic acids is 1. The van der Waals surface area contributed by atoms with Crippen molar-refractivity contribution < 1.29 is 19.4 Å². The summed E-state index contributed by atoms with van der Waals surface area (Å²) in [6, 6.07) is 3.47. The minimum absolute atomic E-state index is 0.372. The predicted octanol–water partition coefficient (Wildman–Crippen LogP) is 3.51. The van der Waals surface area contributed by atoms with Gasteiger partial charge in [-0.2, -0.15) is 0 Å². The Kier molecular flexibility index (Phi) is 6.15. The van der Waals surface area contributed by atoms with Crippen LogP contribution in [0.4, 0.5) is 0 Å². The van der Waals surface area contributed by atoms with Crippen molar-refractivity contribution in [3.8, 4) is 11.5 Å². The summed E-state index contributed by atoms with van der Waals surface area (Å²) in [7, 11) is 0. The highest BCUT2D eigenvalue weighted by Gasteiger charge is 2.09. The van der Waals surface area contributed by atoms with Crippen LogP contribution in [0.1, 0.15) is 12.5 Å². The van der Waals surface area contributed by atoms with Gasteiger partial charge < -0.3 is 14.6 Å². The van der Waals surface area contributed by atoms with Gasteiger partial charge >= 0.3 is 5.97 Å². The zero-order chi connectivity index (χ0) is 14.3. The Morgan fingerprint density at radius 2 is 2.11 bits per heavy atom. The molecule has 0 heterocycles. The Hall–Kier alpha value is -1.75. The average Bonchev–Trinajstić information content (AvgIpc) is 2.37. The number of carboxylic acid groups (broad SMARTS) is 1. The molecule has 1 rings (SSSR count). The molecule has 1 aromatic rings. The SMILES string of the molecule is C=CCOc1cc(Br)c(C=CC(=O)O)cc1OCC. The molecule has 0 radical (unpaired) electrons. The zero-order valence-electron chi connectivity index (χ0n) is 10.6. The highest BCUT2D eigenvalue weighted by Crippen LogP contribution is 2.34. The lowest BCUT2D eigenvalue weighted by Gasteiger charge is -2.12. The zero-order valence-corrected chi connectivity index (χ0v) is 12.1. The van der Waals surface area contributed by atoms with E-state index < -0.39 is 5.97 Å². The van der Waals surface area contributed by atoms with Crippen LogP contribution in [0.25, 0.3) is 6.08 Å². The Balaban J connectivity index is 3.11. The number of rotatable bonds is 7. The molecular weight excluding hydrogens is 312 g/mol. The predicted molar refractivity (Wildman–Crippen MR) is 77.7 cm³/mol. The van der Waals surface area contributed by atoms with Crippen LogP contribution in [0, 0.1) is 0 Å². The van der Waals surface area contributed by atoms with E-state index in [-0.39, 0.29) is 0 Å². The fourth-order valence-electron chi connectivity index (χ4n) is 1.37. The smallest absolute Gasteiger partial charge is 0.328 e. The van der Waals surface area contributed by atoms with E-state index in [1.54, 1.807) is 18.2 Å². The number of halogens is 1. The standard InChI is InChI=1S/C14H15BrO4/c1-3-7-19-13-9-11(15)10(5-6-14(16)17)8-12(13)18-4-2/h3,5-6,8-9H,1,4,7H2,2H3,(H,16,17). The Bertz CT molecular complexity index is 494. The van der Waals surface area contributed by atoms with Gasteiger partial charge in [0.05, 0.1) is 6.61 Å². The molecule has 0 spiro atoms. The van der Waals surface area contributed by atoms with Gasteiger partial charge in [-0.15, -0.1) is 0 Å². The molecule has 102 valence electrons. The van der Waals surface area contributed by atoms with E-state index in [9.17, 15) is 4.79 Å². The molecule has 5 heteroatoms. The second kappa shape index (κ2) is 7.63. The number of ether oxygens (including phenoxy) is 2. The van der Waals surface area contributed by atoms with Crippen molar-refractivity contribution in [2.24, 2.45) is 0 Å².